The van der Waals surface area contributed by atoms with E-state index >= 15 is 0 Å². The Morgan fingerprint density at radius 3 is 2.03 bits per heavy atom. The van der Waals surface area contributed by atoms with E-state index in [0.717, 1.165) is 24.0 Å². The molecule has 3 aromatic rings. The molecule has 5 nitrogen and oxygen atoms in total. The van der Waals surface area contributed by atoms with E-state index in [1.807, 2.05) is 77.7 Å². The molecule has 164 valence electrons. The summed E-state index contributed by atoms with van der Waals surface area (Å²) in [6, 6.07) is 27.0. The average Bonchev–Trinajstić information content (AvgIpc) is 2.86. The van der Waals surface area contributed by atoms with Crippen molar-refractivity contribution in [2.24, 2.45) is 0 Å². The molecule has 3 aromatic carbocycles. The molecule has 0 saturated carbocycles. The first kappa shape index (κ1) is 21.6. The molecule has 0 radical (unpaired) electrons. The number of rotatable bonds is 6. The molecule has 1 N–H and O–H groups in total. The predicted octanol–water partition coefficient (Wildman–Crippen LogP) is 4.25. The van der Waals surface area contributed by atoms with Crippen molar-refractivity contribution in [2.75, 3.05) is 20.2 Å². The lowest BCUT2D eigenvalue weighted by molar-refractivity contribution is -0.132. The summed E-state index contributed by atoms with van der Waals surface area (Å²) < 4.78 is 5.21. The maximum Gasteiger partial charge on any atom is 0.251 e. The number of carbonyl (C=O) groups is 2. The van der Waals surface area contributed by atoms with Crippen molar-refractivity contribution in [2.45, 2.75) is 24.8 Å². The van der Waals surface area contributed by atoms with Gasteiger partial charge in [0.15, 0.2) is 0 Å². The van der Waals surface area contributed by atoms with Crippen LogP contribution in [0.2, 0.25) is 0 Å². The van der Waals surface area contributed by atoms with E-state index in [4.69, 9.17) is 4.74 Å². The monoisotopic (exact) mass is 428 g/mol. The van der Waals surface area contributed by atoms with Gasteiger partial charge in [0.2, 0.25) is 5.91 Å². The average molecular weight is 429 g/mol. The van der Waals surface area contributed by atoms with E-state index in [-0.39, 0.29) is 23.8 Å². The maximum absolute atomic E-state index is 13.5. The highest BCUT2D eigenvalue weighted by Gasteiger charge is 2.30. The van der Waals surface area contributed by atoms with Crippen LogP contribution >= 0.6 is 0 Å². The zero-order valence-corrected chi connectivity index (χ0v) is 18.2. The molecule has 0 unspecified atom stereocenters. The van der Waals surface area contributed by atoms with Crippen LogP contribution < -0.4 is 10.1 Å². The third-order valence-corrected chi connectivity index (χ3v) is 5.99. The Morgan fingerprint density at radius 1 is 0.875 bits per heavy atom. The lowest BCUT2D eigenvalue weighted by Gasteiger charge is -2.35. The van der Waals surface area contributed by atoms with Gasteiger partial charge in [0.25, 0.3) is 5.91 Å². The van der Waals surface area contributed by atoms with Crippen molar-refractivity contribution in [1.29, 1.82) is 0 Å². The SMILES string of the molecule is COc1cccc(C(=O)NC2CCN(C(=O)C(c3ccccc3)c3ccccc3)CC2)c1. The Labute approximate surface area is 189 Å². The van der Waals surface area contributed by atoms with Crippen molar-refractivity contribution < 1.29 is 14.3 Å². The standard InChI is InChI=1S/C27H28N2O3/c1-32-24-14-8-13-22(19-24)26(30)28-23-15-17-29(18-16-23)27(31)25(20-9-4-2-5-10-20)21-11-6-3-7-12-21/h2-14,19,23,25H,15-18H2,1H3,(H,28,30). The molecule has 32 heavy (non-hydrogen) atoms. The number of piperidine rings is 1. The zero-order valence-electron chi connectivity index (χ0n) is 18.2. The molecule has 0 spiro atoms. The Kier molecular flexibility index (Phi) is 6.85. The van der Waals surface area contributed by atoms with E-state index in [0.29, 0.717) is 24.4 Å². The molecular formula is C27H28N2O3. The minimum Gasteiger partial charge on any atom is -0.497 e. The molecule has 0 atom stereocenters. The Bertz CT molecular complexity index is 1010. The number of likely N-dealkylation sites (tertiary alicyclic amines) is 1. The summed E-state index contributed by atoms with van der Waals surface area (Å²) in [6.07, 6.45) is 1.47. The second-order valence-electron chi connectivity index (χ2n) is 8.06. The summed E-state index contributed by atoms with van der Waals surface area (Å²) >= 11 is 0. The minimum atomic E-state index is -0.319. The van der Waals surface area contributed by atoms with Gasteiger partial charge < -0.3 is 15.0 Å². The van der Waals surface area contributed by atoms with Gasteiger partial charge in [-0.15, -0.1) is 0 Å². The van der Waals surface area contributed by atoms with Crippen LogP contribution in [-0.4, -0.2) is 43.0 Å². The molecule has 4 rings (SSSR count). The summed E-state index contributed by atoms with van der Waals surface area (Å²) in [5.41, 5.74) is 2.57. The van der Waals surface area contributed by atoms with Crippen molar-refractivity contribution in [3.05, 3.63) is 102 Å². The van der Waals surface area contributed by atoms with Crippen molar-refractivity contribution >= 4 is 11.8 Å². The second-order valence-corrected chi connectivity index (χ2v) is 8.06. The third-order valence-electron chi connectivity index (χ3n) is 5.99. The highest BCUT2D eigenvalue weighted by molar-refractivity contribution is 5.94. The molecule has 0 bridgehead atoms. The van der Waals surface area contributed by atoms with E-state index in [1.165, 1.54) is 0 Å². The zero-order chi connectivity index (χ0) is 22.3. The molecular weight excluding hydrogens is 400 g/mol. The number of amides is 2. The van der Waals surface area contributed by atoms with Crippen LogP contribution in [0.25, 0.3) is 0 Å². The van der Waals surface area contributed by atoms with Crippen molar-refractivity contribution in [3.8, 4) is 5.75 Å². The first-order valence-corrected chi connectivity index (χ1v) is 11.0. The lowest BCUT2D eigenvalue weighted by Crippen LogP contribution is -2.47. The Balaban J connectivity index is 1.41. The fourth-order valence-electron chi connectivity index (χ4n) is 4.23. The first-order valence-electron chi connectivity index (χ1n) is 11.0. The summed E-state index contributed by atoms with van der Waals surface area (Å²) in [5, 5.41) is 3.11. The topological polar surface area (TPSA) is 58.6 Å². The summed E-state index contributed by atoms with van der Waals surface area (Å²) in [7, 11) is 1.59. The van der Waals surface area contributed by atoms with Gasteiger partial charge in [0.05, 0.1) is 13.0 Å². The number of hydrogen-bond acceptors (Lipinski definition) is 3. The van der Waals surface area contributed by atoms with Gasteiger partial charge in [-0.05, 0) is 42.2 Å². The number of methoxy groups -OCH3 is 1. The fraction of sp³-hybridized carbons (Fsp3) is 0.259. The van der Waals surface area contributed by atoms with Gasteiger partial charge in [-0.1, -0.05) is 66.7 Å². The normalized spacial score (nSPS) is 14.2. The fourth-order valence-corrected chi connectivity index (χ4v) is 4.23. The molecule has 1 aliphatic heterocycles. The summed E-state index contributed by atoms with van der Waals surface area (Å²) in [5.74, 6) is 0.339. The quantitative estimate of drug-likeness (QED) is 0.639. The molecule has 0 aliphatic carbocycles. The Hall–Kier alpha value is -3.60. The minimum absolute atomic E-state index is 0.0460. The predicted molar refractivity (Wildman–Crippen MR) is 125 cm³/mol. The highest BCUT2D eigenvalue weighted by Crippen LogP contribution is 2.28. The number of carbonyl (C=O) groups excluding carboxylic acids is 2. The van der Waals surface area contributed by atoms with Crippen LogP contribution in [0.1, 0.15) is 40.2 Å². The van der Waals surface area contributed by atoms with E-state index in [9.17, 15) is 9.59 Å². The molecule has 0 aromatic heterocycles. The third kappa shape index (κ3) is 4.99. The smallest absolute Gasteiger partial charge is 0.251 e. The van der Waals surface area contributed by atoms with Crippen molar-refractivity contribution in [1.82, 2.24) is 10.2 Å². The van der Waals surface area contributed by atoms with Crippen molar-refractivity contribution in [3.63, 3.8) is 0 Å². The van der Waals surface area contributed by atoms with Crippen LogP contribution in [0.15, 0.2) is 84.9 Å². The molecule has 2 amide bonds. The van der Waals surface area contributed by atoms with Crippen LogP contribution in [0, 0.1) is 0 Å². The van der Waals surface area contributed by atoms with Crippen LogP contribution in [0.3, 0.4) is 0 Å². The number of nitrogens with zero attached hydrogens (tertiary/aromatic N) is 1. The number of ether oxygens (including phenoxy) is 1. The number of hydrogen-bond donors (Lipinski definition) is 1. The number of nitrogens with one attached hydrogen (secondary N) is 1. The van der Waals surface area contributed by atoms with Crippen LogP contribution in [0.4, 0.5) is 0 Å². The summed E-state index contributed by atoms with van der Waals surface area (Å²) in [4.78, 5) is 28.1. The molecule has 5 heteroatoms. The Morgan fingerprint density at radius 2 is 1.47 bits per heavy atom. The largest absolute Gasteiger partial charge is 0.497 e. The maximum atomic E-state index is 13.5. The van der Waals surface area contributed by atoms with Gasteiger partial charge >= 0.3 is 0 Å². The molecule has 1 heterocycles. The van der Waals surface area contributed by atoms with Gasteiger partial charge in [-0.2, -0.15) is 0 Å². The number of benzene rings is 3. The first-order chi connectivity index (χ1) is 15.7. The van der Waals surface area contributed by atoms with Gasteiger partial charge in [0.1, 0.15) is 5.75 Å². The van der Waals surface area contributed by atoms with E-state index < -0.39 is 0 Å². The van der Waals surface area contributed by atoms with E-state index in [1.54, 1.807) is 19.2 Å². The highest BCUT2D eigenvalue weighted by atomic mass is 16.5. The van der Waals surface area contributed by atoms with E-state index in [2.05, 4.69) is 5.32 Å². The lowest BCUT2D eigenvalue weighted by atomic mass is 9.89. The molecule has 1 aliphatic rings. The second kappa shape index (κ2) is 10.1. The molecule has 1 saturated heterocycles. The van der Waals surface area contributed by atoms with Gasteiger partial charge in [-0.25, -0.2) is 0 Å². The van der Waals surface area contributed by atoms with Gasteiger partial charge in [-0.3, -0.25) is 9.59 Å². The summed E-state index contributed by atoms with van der Waals surface area (Å²) in [6.45, 7) is 1.25. The van der Waals surface area contributed by atoms with Crippen LogP contribution in [0.5, 0.6) is 5.75 Å². The van der Waals surface area contributed by atoms with Crippen LogP contribution in [-0.2, 0) is 4.79 Å². The molecule has 1 fully saturated rings. The van der Waals surface area contributed by atoms with Gasteiger partial charge in [0, 0.05) is 24.7 Å².